The molecule has 0 aliphatic carbocycles. The Morgan fingerprint density at radius 2 is 1.61 bits per heavy atom. The number of ether oxygens (including phenoxy) is 1. The van der Waals surface area contributed by atoms with Gasteiger partial charge in [0.2, 0.25) is 0 Å². The Balaban J connectivity index is 1.98. The molecule has 4 heteroatoms. The fourth-order valence-corrected chi connectivity index (χ4v) is 3.54. The lowest BCUT2D eigenvalue weighted by molar-refractivity contribution is -0.141. The summed E-state index contributed by atoms with van der Waals surface area (Å²) in [5.74, 6) is -0.893. The minimum Gasteiger partial charge on any atom is -0.468 e. The van der Waals surface area contributed by atoms with Crippen LogP contribution in [-0.2, 0) is 9.53 Å². The van der Waals surface area contributed by atoms with Gasteiger partial charge in [0.25, 0.3) is 0 Å². The number of fused-ring (bicyclic) bond motifs is 1. The van der Waals surface area contributed by atoms with E-state index in [1.54, 1.807) is 12.1 Å². The molecule has 0 N–H and O–H groups in total. The van der Waals surface area contributed by atoms with Crippen molar-refractivity contribution in [1.29, 1.82) is 0 Å². The topological polar surface area (TPSA) is 39.2 Å². The number of methoxy groups -OCH3 is 1. The quantitative estimate of drug-likeness (QED) is 0.412. The van der Waals surface area contributed by atoms with Crippen molar-refractivity contribution in [2.24, 2.45) is 0 Å². The standard InChI is InChI=1S/C24H18ClNO2/c1-28-24(27)23(17-11-13-18(25)14-12-17)20-15-22(16-7-3-2-4-8-16)26-21-10-6-5-9-19(20)21/h2-15,23H,1H3. The summed E-state index contributed by atoms with van der Waals surface area (Å²) in [5, 5.41) is 1.55. The van der Waals surface area contributed by atoms with E-state index in [-0.39, 0.29) is 5.97 Å². The van der Waals surface area contributed by atoms with Crippen LogP contribution in [0.1, 0.15) is 17.0 Å². The van der Waals surface area contributed by atoms with Gasteiger partial charge in [0, 0.05) is 16.0 Å². The van der Waals surface area contributed by atoms with E-state index in [0.29, 0.717) is 5.02 Å². The van der Waals surface area contributed by atoms with Crippen molar-refractivity contribution in [3.63, 3.8) is 0 Å². The van der Waals surface area contributed by atoms with Crippen molar-refractivity contribution in [2.45, 2.75) is 5.92 Å². The summed E-state index contributed by atoms with van der Waals surface area (Å²) in [6.45, 7) is 0. The van der Waals surface area contributed by atoms with Crippen LogP contribution in [0.2, 0.25) is 5.02 Å². The molecule has 1 heterocycles. The minimum absolute atomic E-state index is 0.322. The number of hydrogen-bond acceptors (Lipinski definition) is 3. The van der Waals surface area contributed by atoms with Crippen LogP contribution in [0.4, 0.5) is 0 Å². The Morgan fingerprint density at radius 1 is 0.929 bits per heavy atom. The lowest BCUT2D eigenvalue weighted by Gasteiger charge is -2.19. The summed E-state index contributed by atoms with van der Waals surface area (Å²) in [7, 11) is 1.41. The lowest BCUT2D eigenvalue weighted by Crippen LogP contribution is -2.16. The molecule has 4 rings (SSSR count). The maximum Gasteiger partial charge on any atom is 0.317 e. The van der Waals surface area contributed by atoms with E-state index in [1.807, 2.05) is 72.8 Å². The second-order valence-electron chi connectivity index (χ2n) is 6.49. The zero-order valence-corrected chi connectivity index (χ0v) is 16.1. The molecule has 1 aromatic heterocycles. The van der Waals surface area contributed by atoms with E-state index in [2.05, 4.69) is 0 Å². The van der Waals surface area contributed by atoms with Gasteiger partial charge < -0.3 is 4.74 Å². The smallest absolute Gasteiger partial charge is 0.317 e. The van der Waals surface area contributed by atoms with Gasteiger partial charge in [-0.2, -0.15) is 0 Å². The van der Waals surface area contributed by atoms with Crippen molar-refractivity contribution < 1.29 is 9.53 Å². The van der Waals surface area contributed by atoms with E-state index < -0.39 is 5.92 Å². The average molecular weight is 388 g/mol. The number of esters is 1. The van der Waals surface area contributed by atoms with Gasteiger partial charge in [-0.1, -0.05) is 72.3 Å². The van der Waals surface area contributed by atoms with Gasteiger partial charge >= 0.3 is 5.97 Å². The zero-order chi connectivity index (χ0) is 19.5. The van der Waals surface area contributed by atoms with Crippen LogP contribution in [0.25, 0.3) is 22.2 Å². The van der Waals surface area contributed by atoms with E-state index in [4.69, 9.17) is 21.3 Å². The number of halogens is 1. The molecule has 0 radical (unpaired) electrons. The van der Waals surface area contributed by atoms with E-state index in [1.165, 1.54) is 7.11 Å². The van der Waals surface area contributed by atoms with Gasteiger partial charge in [-0.15, -0.1) is 0 Å². The van der Waals surface area contributed by atoms with Gasteiger partial charge in [0.05, 0.1) is 18.3 Å². The number of carbonyl (C=O) groups is 1. The van der Waals surface area contributed by atoms with Crippen LogP contribution in [0.15, 0.2) is 84.9 Å². The molecule has 0 spiro atoms. The monoisotopic (exact) mass is 387 g/mol. The van der Waals surface area contributed by atoms with Gasteiger partial charge in [-0.25, -0.2) is 4.98 Å². The number of nitrogens with zero attached hydrogens (tertiary/aromatic N) is 1. The zero-order valence-electron chi connectivity index (χ0n) is 15.3. The predicted molar refractivity (Wildman–Crippen MR) is 112 cm³/mol. The highest BCUT2D eigenvalue weighted by Gasteiger charge is 2.26. The highest BCUT2D eigenvalue weighted by molar-refractivity contribution is 6.30. The first-order chi connectivity index (χ1) is 13.7. The third-order valence-electron chi connectivity index (χ3n) is 4.77. The fourth-order valence-electron chi connectivity index (χ4n) is 3.41. The minimum atomic E-state index is -0.572. The summed E-state index contributed by atoms with van der Waals surface area (Å²) >= 11 is 6.05. The molecular formula is C24H18ClNO2. The molecule has 4 aromatic rings. The van der Waals surface area contributed by atoms with Crippen LogP contribution in [0.5, 0.6) is 0 Å². The Kier molecular flexibility index (Phi) is 5.09. The lowest BCUT2D eigenvalue weighted by atomic mass is 9.88. The molecule has 0 amide bonds. The fraction of sp³-hybridized carbons (Fsp3) is 0.0833. The number of pyridine rings is 1. The van der Waals surface area contributed by atoms with E-state index in [9.17, 15) is 4.79 Å². The second kappa shape index (κ2) is 7.83. The molecule has 1 atom stereocenters. The molecule has 0 saturated heterocycles. The Hall–Kier alpha value is -3.17. The molecule has 0 saturated carbocycles. The molecular weight excluding hydrogens is 370 g/mol. The van der Waals surface area contributed by atoms with Gasteiger partial charge in [0.15, 0.2) is 0 Å². The largest absolute Gasteiger partial charge is 0.468 e. The molecule has 3 nitrogen and oxygen atoms in total. The molecule has 3 aromatic carbocycles. The number of carbonyl (C=O) groups excluding carboxylic acids is 1. The maximum atomic E-state index is 12.8. The van der Waals surface area contributed by atoms with Crippen LogP contribution in [0, 0.1) is 0 Å². The maximum absolute atomic E-state index is 12.8. The first kappa shape index (κ1) is 18.2. The van der Waals surface area contributed by atoms with Crippen LogP contribution >= 0.6 is 11.6 Å². The molecule has 1 unspecified atom stereocenters. The van der Waals surface area contributed by atoms with Crippen LogP contribution in [-0.4, -0.2) is 18.1 Å². The van der Waals surface area contributed by atoms with Gasteiger partial charge in [-0.05, 0) is 35.4 Å². The number of aromatic nitrogens is 1. The molecule has 138 valence electrons. The summed E-state index contributed by atoms with van der Waals surface area (Å²) in [5.41, 5.74) is 4.33. The first-order valence-corrected chi connectivity index (χ1v) is 9.33. The van der Waals surface area contributed by atoms with Crippen molar-refractivity contribution in [3.05, 3.63) is 101 Å². The Labute approximate surface area is 168 Å². The summed E-state index contributed by atoms with van der Waals surface area (Å²) in [4.78, 5) is 17.6. The van der Waals surface area contributed by atoms with Gasteiger partial charge in [-0.3, -0.25) is 4.79 Å². The number of rotatable bonds is 4. The molecule has 0 aliphatic rings. The van der Waals surface area contributed by atoms with Crippen LogP contribution in [0.3, 0.4) is 0 Å². The third-order valence-corrected chi connectivity index (χ3v) is 5.02. The van der Waals surface area contributed by atoms with Crippen molar-refractivity contribution >= 4 is 28.5 Å². The van der Waals surface area contributed by atoms with E-state index >= 15 is 0 Å². The van der Waals surface area contributed by atoms with Crippen molar-refractivity contribution in [1.82, 2.24) is 4.98 Å². The highest BCUT2D eigenvalue weighted by atomic mass is 35.5. The van der Waals surface area contributed by atoms with Crippen LogP contribution < -0.4 is 0 Å². The SMILES string of the molecule is COC(=O)C(c1ccc(Cl)cc1)c1cc(-c2ccccc2)nc2ccccc12. The second-order valence-corrected chi connectivity index (χ2v) is 6.92. The Bertz CT molecular complexity index is 1120. The Morgan fingerprint density at radius 3 is 2.32 bits per heavy atom. The highest BCUT2D eigenvalue weighted by Crippen LogP contribution is 2.34. The number of hydrogen-bond donors (Lipinski definition) is 0. The summed E-state index contributed by atoms with van der Waals surface area (Å²) in [6.07, 6.45) is 0. The number of benzene rings is 3. The number of para-hydroxylation sites is 1. The molecule has 28 heavy (non-hydrogen) atoms. The normalized spacial score (nSPS) is 11.9. The predicted octanol–water partition coefficient (Wildman–Crippen LogP) is 5.86. The average Bonchev–Trinajstić information content (AvgIpc) is 2.75. The van der Waals surface area contributed by atoms with Gasteiger partial charge in [0.1, 0.15) is 5.92 Å². The first-order valence-electron chi connectivity index (χ1n) is 8.96. The van der Waals surface area contributed by atoms with E-state index in [0.717, 1.165) is 33.3 Å². The molecule has 0 bridgehead atoms. The summed E-state index contributed by atoms with van der Waals surface area (Å²) in [6, 6.07) is 27.1. The molecule has 0 fully saturated rings. The third kappa shape index (κ3) is 3.49. The molecule has 0 aliphatic heterocycles. The van der Waals surface area contributed by atoms with Crippen molar-refractivity contribution in [3.8, 4) is 11.3 Å². The van der Waals surface area contributed by atoms with Crippen molar-refractivity contribution in [2.75, 3.05) is 7.11 Å². The summed E-state index contributed by atoms with van der Waals surface area (Å²) < 4.78 is 5.15.